The van der Waals surface area contributed by atoms with E-state index in [1.54, 1.807) is 17.7 Å². The van der Waals surface area contributed by atoms with Crippen molar-refractivity contribution in [1.82, 2.24) is 14.9 Å². The molecule has 28 heavy (non-hydrogen) atoms. The van der Waals surface area contributed by atoms with Gasteiger partial charge in [-0.3, -0.25) is 4.90 Å². The molecule has 0 atom stereocenters. The van der Waals surface area contributed by atoms with E-state index in [0.717, 1.165) is 72.3 Å². The second-order valence-electron chi connectivity index (χ2n) is 7.05. The predicted octanol–water partition coefficient (Wildman–Crippen LogP) is 4.15. The molecule has 0 amide bonds. The van der Waals surface area contributed by atoms with Gasteiger partial charge in [0.25, 0.3) is 0 Å². The molecule has 2 aromatic heterocycles. The van der Waals surface area contributed by atoms with Gasteiger partial charge in [-0.1, -0.05) is 0 Å². The second kappa shape index (κ2) is 8.86. The monoisotopic (exact) mass is 398 g/mol. The highest BCUT2D eigenvalue weighted by Crippen LogP contribution is 2.31. The maximum atomic E-state index is 6.06. The van der Waals surface area contributed by atoms with Gasteiger partial charge in [0.1, 0.15) is 17.9 Å². The third kappa shape index (κ3) is 4.60. The van der Waals surface area contributed by atoms with E-state index in [0.29, 0.717) is 6.61 Å². The Bertz CT molecular complexity index is 937. The van der Waals surface area contributed by atoms with Crippen molar-refractivity contribution >= 4 is 33.1 Å². The first kappa shape index (κ1) is 19.1. The highest BCUT2D eigenvalue weighted by molar-refractivity contribution is 7.16. The molecule has 1 aliphatic rings. The molecular weight excluding hydrogens is 372 g/mol. The van der Waals surface area contributed by atoms with Crippen LogP contribution in [0.2, 0.25) is 0 Å². The van der Waals surface area contributed by atoms with Gasteiger partial charge in [0.15, 0.2) is 0 Å². The molecule has 1 aromatic carbocycles. The molecule has 3 heterocycles. The summed E-state index contributed by atoms with van der Waals surface area (Å²) in [5.41, 5.74) is 1.98. The van der Waals surface area contributed by atoms with Crippen molar-refractivity contribution in [2.45, 2.75) is 20.3 Å². The Morgan fingerprint density at radius 2 is 2.04 bits per heavy atom. The SMILES string of the molecule is Cc1ccc(Nc2ncnc3cc(OCCCN4CCOCC4)c(C)cc23)s1. The molecule has 0 spiro atoms. The number of anilines is 2. The lowest BCUT2D eigenvalue weighted by Gasteiger charge is -2.26. The maximum Gasteiger partial charge on any atom is 0.142 e. The van der Waals surface area contributed by atoms with Gasteiger partial charge >= 0.3 is 0 Å². The zero-order valence-corrected chi connectivity index (χ0v) is 17.2. The second-order valence-corrected chi connectivity index (χ2v) is 8.34. The number of rotatable bonds is 7. The number of hydrogen-bond acceptors (Lipinski definition) is 7. The van der Waals surface area contributed by atoms with Gasteiger partial charge in [-0.2, -0.15) is 0 Å². The first-order valence-electron chi connectivity index (χ1n) is 9.71. The highest BCUT2D eigenvalue weighted by Gasteiger charge is 2.11. The molecule has 1 fully saturated rings. The molecule has 0 saturated carbocycles. The van der Waals surface area contributed by atoms with E-state index in [4.69, 9.17) is 9.47 Å². The Balaban J connectivity index is 1.42. The van der Waals surface area contributed by atoms with Crippen LogP contribution in [0.1, 0.15) is 16.9 Å². The molecule has 0 unspecified atom stereocenters. The number of aryl methyl sites for hydroxylation is 2. The predicted molar refractivity (Wildman–Crippen MR) is 114 cm³/mol. The first-order chi connectivity index (χ1) is 13.7. The van der Waals surface area contributed by atoms with Crippen LogP contribution in [0.25, 0.3) is 10.9 Å². The minimum atomic E-state index is 0.703. The molecule has 0 aliphatic carbocycles. The van der Waals surface area contributed by atoms with Gasteiger partial charge in [-0.15, -0.1) is 11.3 Å². The van der Waals surface area contributed by atoms with Crippen molar-refractivity contribution in [1.29, 1.82) is 0 Å². The highest BCUT2D eigenvalue weighted by atomic mass is 32.1. The van der Waals surface area contributed by atoms with Crippen LogP contribution < -0.4 is 10.1 Å². The van der Waals surface area contributed by atoms with Crippen LogP contribution in [-0.2, 0) is 4.74 Å². The normalized spacial score (nSPS) is 15.1. The van der Waals surface area contributed by atoms with Crippen molar-refractivity contribution in [3.05, 3.63) is 41.0 Å². The quantitative estimate of drug-likeness (QED) is 0.603. The van der Waals surface area contributed by atoms with Crippen LogP contribution in [0.3, 0.4) is 0 Å². The number of benzene rings is 1. The van der Waals surface area contributed by atoms with Crippen molar-refractivity contribution < 1.29 is 9.47 Å². The summed E-state index contributed by atoms with van der Waals surface area (Å²) in [5.74, 6) is 1.72. The molecule has 7 heteroatoms. The Morgan fingerprint density at radius 3 is 2.82 bits per heavy atom. The molecule has 0 radical (unpaired) electrons. The standard InChI is InChI=1S/C21H26N4O2S/c1-15-12-17-18(22-14-23-21(17)24-20-5-4-16(2)28-20)13-19(15)27-9-3-6-25-7-10-26-11-8-25/h4-5,12-14H,3,6-11H2,1-2H3,(H,22,23,24). The first-order valence-corrected chi connectivity index (χ1v) is 10.5. The third-order valence-corrected chi connectivity index (χ3v) is 5.81. The van der Waals surface area contributed by atoms with Crippen molar-refractivity contribution in [2.24, 2.45) is 0 Å². The van der Waals surface area contributed by atoms with Crippen LogP contribution in [0.4, 0.5) is 10.8 Å². The summed E-state index contributed by atoms with van der Waals surface area (Å²) in [6.45, 7) is 9.64. The van der Waals surface area contributed by atoms with E-state index in [2.05, 4.69) is 52.2 Å². The molecular formula is C21H26N4O2S. The van der Waals surface area contributed by atoms with Crippen LogP contribution in [0, 0.1) is 13.8 Å². The van der Waals surface area contributed by atoms with Gasteiger partial charge < -0.3 is 14.8 Å². The molecule has 0 bridgehead atoms. The Kier molecular flexibility index (Phi) is 6.04. The molecule has 4 rings (SSSR count). The van der Waals surface area contributed by atoms with Gasteiger partial charge in [0, 0.05) is 36.0 Å². The van der Waals surface area contributed by atoms with Crippen LogP contribution in [0.15, 0.2) is 30.6 Å². The molecule has 1 N–H and O–H groups in total. The Hall–Kier alpha value is -2.22. The fraction of sp³-hybridized carbons (Fsp3) is 0.429. The van der Waals surface area contributed by atoms with Crippen LogP contribution >= 0.6 is 11.3 Å². The van der Waals surface area contributed by atoms with Crippen LogP contribution in [-0.4, -0.2) is 54.3 Å². The Morgan fingerprint density at radius 1 is 1.18 bits per heavy atom. The molecule has 3 aromatic rings. The van der Waals surface area contributed by atoms with E-state index in [1.807, 2.05) is 6.07 Å². The average Bonchev–Trinajstić information content (AvgIpc) is 3.11. The largest absolute Gasteiger partial charge is 0.493 e. The summed E-state index contributed by atoms with van der Waals surface area (Å²) in [6, 6.07) is 8.30. The summed E-state index contributed by atoms with van der Waals surface area (Å²) in [4.78, 5) is 12.6. The van der Waals surface area contributed by atoms with Gasteiger partial charge in [-0.05, 0) is 44.0 Å². The van der Waals surface area contributed by atoms with Gasteiger partial charge in [-0.25, -0.2) is 9.97 Å². The number of ether oxygens (including phenoxy) is 2. The van der Waals surface area contributed by atoms with E-state index in [9.17, 15) is 0 Å². The minimum absolute atomic E-state index is 0.703. The van der Waals surface area contributed by atoms with Gasteiger partial charge in [0.05, 0.1) is 30.3 Å². The minimum Gasteiger partial charge on any atom is -0.493 e. The number of fused-ring (bicyclic) bond motifs is 1. The molecule has 1 aliphatic heterocycles. The van der Waals surface area contributed by atoms with E-state index < -0.39 is 0 Å². The molecule has 148 valence electrons. The summed E-state index contributed by atoms with van der Waals surface area (Å²) in [7, 11) is 0. The average molecular weight is 399 g/mol. The number of thiophene rings is 1. The summed E-state index contributed by atoms with van der Waals surface area (Å²) >= 11 is 1.72. The number of morpholine rings is 1. The number of hydrogen-bond donors (Lipinski definition) is 1. The zero-order valence-electron chi connectivity index (χ0n) is 16.4. The van der Waals surface area contributed by atoms with Crippen molar-refractivity contribution in [3.63, 3.8) is 0 Å². The van der Waals surface area contributed by atoms with Crippen LogP contribution in [0.5, 0.6) is 5.75 Å². The lowest BCUT2D eigenvalue weighted by atomic mass is 10.1. The van der Waals surface area contributed by atoms with E-state index >= 15 is 0 Å². The summed E-state index contributed by atoms with van der Waals surface area (Å²) in [5, 5.41) is 5.50. The fourth-order valence-corrected chi connectivity index (χ4v) is 4.13. The van der Waals surface area contributed by atoms with Crippen molar-refractivity contribution in [3.8, 4) is 5.75 Å². The van der Waals surface area contributed by atoms with Crippen molar-refractivity contribution in [2.75, 3.05) is 44.8 Å². The fourth-order valence-electron chi connectivity index (χ4n) is 3.36. The van der Waals surface area contributed by atoms with E-state index in [-0.39, 0.29) is 0 Å². The smallest absolute Gasteiger partial charge is 0.142 e. The lowest BCUT2D eigenvalue weighted by Crippen LogP contribution is -2.37. The Labute approximate surface area is 169 Å². The number of nitrogens with zero attached hydrogens (tertiary/aromatic N) is 3. The topological polar surface area (TPSA) is 59.5 Å². The number of aromatic nitrogens is 2. The summed E-state index contributed by atoms with van der Waals surface area (Å²) in [6.07, 6.45) is 2.61. The summed E-state index contributed by atoms with van der Waals surface area (Å²) < 4.78 is 11.5. The number of nitrogens with one attached hydrogen (secondary N) is 1. The molecule has 1 saturated heterocycles. The van der Waals surface area contributed by atoms with E-state index in [1.165, 1.54) is 4.88 Å². The zero-order chi connectivity index (χ0) is 19.3. The third-order valence-electron chi connectivity index (χ3n) is 4.89. The van der Waals surface area contributed by atoms with Gasteiger partial charge in [0.2, 0.25) is 0 Å². The lowest BCUT2D eigenvalue weighted by molar-refractivity contribution is 0.0358. The maximum absolute atomic E-state index is 6.06. The molecule has 6 nitrogen and oxygen atoms in total.